The Balaban J connectivity index is 1.48. The third kappa shape index (κ3) is 5.14. The van der Waals surface area contributed by atoms with E-state index in [9.17, 15) is 0 Å². The zero-order chi connectivity index (χ0) is 23.5. The molecule has 1 aliphatic heterocycles. The van der Waals surface area contributed by atoms with Crippen LogP contribution in [0.3, 0.4) is 0 Å². The molecule has 1 unspecified atom stereocenters. The predicted octanol–water partition coefficient (Wildman–Crippen LogP) is 7.70. The van der Waals surface area contributed by atoms with Crippen molar-refractivity contribution in [3.63, 3.8) is 0 Å². The van der Waals surface area contributed by atoms with E-state index in [1.54, 1.807) is 7.11 Å². The Morgan fingerprint density at radius 2 is 1.74 bits per heavy atom. The number of rotatable bonds is 6. The number of fused-ring (bicyclic) bond motifs is 1. The van der Waals surface area contributed by atoms with Crippen LogP contribution in [0.4, 0.5) is 0 Å². The van der Waals surface area contributed by atoms with Crippen molar-refractivity contribution in [3.8, 4) is 5.88 Å². The Morgan fingerprint density at radius 1 is 1.00 bits per heavy atom. The molecule has 174 valence electrons. The molecule has 0 radical (unpaired) electrons. The first kappa shape index (κ1) is 23.3. The zero-order valence-corrected chi connectivity index (χ0v) is 21.6. The molecule has 0 saturated carbocycles. The Labute approximate surface area is 214 Å². The first-order valence-electron chi connectivity index (χ1n) is 11.8. The van der Waals surface area contributed by atoms with Crippen LogP contribution >= 0.6 is 27.5 Å². The first-order valence-corrected chi connectivity index (χ1v) is 12.9. The molecule has 1 saturated heterocycles. The third-order valence-electron chi connectivity index (χ3n) is 6.88. The van der Waals surface area contributed by atoms with Crippen LogP contribution in [0, 0.1) is 5.92 Å². The molecule has 3 nitrogen and oxygen atoms in total. The van der Waals surface area contributed by atoms with E-state index in [2.05, 4.69) is 75.4 Å². The van der Waals surface area contributed by atoms with E-state index in [0.717, 1.165) is 58.4 Å². The fourth-order valence-electron chi connectivity index (χ4n) is 5.19. The molecule has 0 amide bonds. The summed E-state index contributed by atoms with van der Waals surface area (Å²) < 4.78 is 6.89. The van der Waals surface area contributed by atoms with Crippen LogP contribution in [0.1, 0.15) is 35.4 Å². The quantitative estimate of drug-likeness (QED) is 0.253. The minimum atomic E-state index is 0.196. The first-order chi connectivity index (χ1) is 16.6. The number of methoxy groups -OCH3 is 1. The highest BCUT2D eigenvalue weighted by Crippen LogP contribution is 2.42. The summed E-state index contributed by atoms with van der Waals surface area (Å²) in [7, 11) is 1.72. The Bertz CT molecular complexity index is 1250. The number of hydrogen-bond acceptors (Lipinski definition) is 3. The molecule has 1 aromatic heterocycles. The maximum Gasteiger partial charge on any atom is 0.217 e. The van der Waals surface area contributed by atoms with E-state index in [1.807, 2.05) is 24.3 Å². The largest absolute Gasteiger partial charge is 0.481 e. The van der Waals surface area contributed by atoms with Crippen molar-refractivity contribution in [2.24, 2.45) is 5.92 Å². The van der Waals surface area contributed by atoms with Gasteiger partial charge in [0.1, 0.15) is 0 Å². The Morgan fingerprint density at radius 3 is 2.44 bits per heavy atom. The maximum atomic E-state index is 6.25. The number of hydrogen-bond donors (Lipinski definition) is 0. The number of aromatic nitrogens is 1. The van der Waals surface area contributed by atoms with Crippen LogP contribution in [-0.4, -0.2) is 30.1 Å². The monoisotopic (exact) mass is 534 g/mol. The molecule has 3 aromatic carbocycles. The van der Waals surface area contributed by atoms with Gasteiger partial charge in [-0.05, 0) is 79.4 Å². The van der Waals surface area contributed by atoms with Crippen LogP contribution < -0.4 is 4.74 Å². The van der Waals surface area contributed by atoms with Gasteiger partial charge in [0.25, 0.3) is 0 Å². The molecule has 34 heavy (non-hydrogen) atoms. The highest BCUT2D eigenvalue weighted by Gasteiger charge is 2.31. The molecule has 0 N–H and O–H groups in total. The van der Waals surface area contributed by atoms with Crippen LogP contribution in [-0.2, 0) is 6.54 Å². The van der Waals surface area contributed by atoms with E-state index in [0.29, 0.717) is 11.8 Å². The molecule has 2 heterocycles. The molecule has 1 aliphatic rings. The van der Waals surface area contributed by atoms with Gasteiger partial charge in [0, 0.05) is 32.9 Å². The van der Waals surface area contributed by atoms with Gasteiger partial charge in [0.2, 0.25) is 5.88 Å². The topological polar surface area (TPSA) is 25.4 Å². The van der Waals surface area contributed by atoms with Gasteiger partial charge in [-0.15, -0.1) is 0 Å². The molecule has 5 rings (SSSR count). The molecule has 0 bridgehead atoms. The molecule has 0 aliphatic carbocycles. The number of halogens is 2. The minimum Gasteiger partial charge on any atom is -0.481 e. The molecular formula is C29H28BrClN2O. The summed E-state index contributed by atoms with van der Waals surface area (Å²) in [6.07, 6.45) is 2.25. The maximum absolute atomic E-state index is 6.25. The van der Waals surface area contributed by atoms with Gasteiger partial charge in [-0.3, -0.25) is 4.90 Å². The normalized spacial score (nSPS) is 16.0. The Hall–Kier alpha value is -2.40. The number of nitrogens with zero attached hydrogens (tertiary/aromatic N) is 2. The predicted molar refractivity (Wildman–Crippen MR) is 144 cm³/mol. The number of likely N-dealkylation sites (tertiary alicyclic amines) is 1. The van der Waals surface area contributed by atoms with Crippen LogP contribution in [0.2, 0.25) is 5.02 Å². The minimum absolute atomic E-state index is 0.196. The van der Waals surface area contributed by atoms with Gasteiger partial charge < -0.3 is 4.74 Å². The van der Waals surface area contributed by atoms with Gasteiger partial charge in [-0.25, -0.2) is 4.98 Å². The van der Waals surface area contributed by atoms with Crippen molar-refractivity contribution in [1.82, 2.24) is 9.88 Å². The molecule has 1 fully saturated rings. The summed E-state index contributed by atoms with van der Waals surface area (Å²) >= 11 is 9.86. The van der Waals surface area contributed by atoms with Gasteiger partial charge in [-0.2, -0.15) is 0 Å². The molecule has 4 aromatic rings. The van der Waals surface area contributed by atoms with Gasteiger partial charge in [-0.1, -0.05) is 70.0 Å². The third-order valence-corrected chi connectivity index (χ3v) is 7.62. The standard InChI is InChI=1S/C29H28BrClN2O/c1-34-29-26(18-23-17-24(30)9-12-27(23)32-29)28(21-7-10-25(31)11-8-21)22-13-15-33(16-14-22)19-20-5-3-2-4-6-20/h2-12,17-18,22,28H,13-16,19H2,1H3. The average molecular weight is 536 g/mol. The number of pyridine rings is 1. The fraction of sp³-hybridized carbons (Fsp3) is 0.276. The summed E-state index contributed by atoms with van der Waals surface area (Å²) in [5, 5.41) is 1.87. The van der Waals surface area contributed by atoms with E-state index in [-0.39, 0.29) is 5.92 Å². The lowest BCUT2D eigenvalue weighted by Gasteiger charge is -2.37. The highest BCUT2D eigenvalue weighted by molar-refractivity contribution is 9.10. The molecule has 0 spiro atoms. The summed E-state index contributed by atoms with van der Waals surface area (Å²) in [6.45, 7) is 3.17. The van der Waals surface area contributed by atoms with Gasteiger partial charge >= 0.3 is 0 Å². The number of ether oxygens (including phenoxy) is 1. The lowest BCUT2D eigenvalue weighted by atomic mass is 9.76. The summed E-state index contributed by atoms with van der Waals surface area (Å²) in [5.41, 5.74) is 4.73. The number of benzene rings is 3. The average Bonchev–Trinajstić information content (AvgIpc) is 2.86. The molecular weight excluding hydrogens is 508 g/mol. The lowest BCUT2D eigenvalue weighted by Crippen LogP contribution is -2.35. The second kappa shape index (κ2) is 10.5. The second-order valence-corrected chi connectivity index (χ2v) is 10.4. The molecule has 1 atom stereocenters. The smallest absolute Gasteiger partial charge is 0.217 e. The Kier molecular flexibility index (Phi) is 7.19. The summed E-state index contributed by atoms with van der Waals surface area (Å²) in [6, 6.07) is 27.5. The van der Waals surface area contributed by atoms with Crippen LogP contribution in [0.25, 0.3) is 10.9 Å². The van der Waals surface area contributed by atoms with E-state index in [1.165, 1.54) is 11.1 Å². The van der Waals surface area contributed by atoms with Crippen molar-refractivity contribution < 1.29 is 4.74 Å². The van der Waals surface area contributed by atoms with Crippen molar-refractivity contribution in [1.29, 1.82) is 0 Å². The van der Waals surface area contributed by atoms with Crippen molar-refractivity contribution >= 4 is 38.4 Å². The highest BCUT2D eigenvalue weighted by atomic mass is 79.9. The second-order valence-electron chi connectivity index (χ2n) is 9.05. The molecule has 5 heteroatoms. The summed E-state index contributed by atoms with van der Waals surface area (Å²) in [4.78, 5) is 7.45. The van der Waals surface area contributed by atoms with Gasteiger partial charge in [0.05, 0.1) is 12.6 Å². The zero-order valence-electron chi connectivity index (χ0n) is 19.3. The van der Waals surface area contributed by atoms with Crippen molar-refractivity contribution in [2.45, 2.75) is 25.3 Å². The fourth-order valence-corrected chi connectivity index (χ4v) is 5.70. The lowest BCUT2D eigenvalue weighted by molar-refractivity contribution is 0.167. The van der Waals surface area contributed by atoms with Crippen molar-refractivity contribution in [3.05, 3.63) is 105 Å². The van der Waals surface area contributed by atoms with E-state index in [4.69, 9.17) is 21.3 Å². The van der Waals surface area contributed by atoms with E-state index >= 15 is 0 Å². The van der Waals surface area contributed by atoms with Crippen molar-refractivity contribution in [2.75, 3.05) is 20.2 Å². The summed E-state index contributed by atoms with van der Waals surface area (Å²) in [5.74, 6) is 1.40. The van der Waals surface area contributed by atoms with Crippen LogP contribution in [0.5, 0.6) is 5.88 Å². The SMILES string of the molecule is COc1nc2ccc(Br)cc2cc1C(c1ccc(Cl)cc1)C1CCN(Cc2ccccc2)CC1. The number of piperidine rings is 1. The van der Waals surface area contributed by atoms with Gasteiger partial charge in [0.15, 0.2) is 0 Å². The van der Waals surface area contributed by atoms with Crippen LogP contribution in [0.15, 0.2) is 83.3 Å². The van der Waals surface area contributed by atoms with E-state index < -0.39 is 0 Å².